The minimum absolute atomic E-state index is 0.210. The van der Waals surface area contributed by atoms with Gasteiger partial charge in [-0.25, -0.2) is 14.9 Å². The standard InChI is InChI=1S/C16H15N5O/c1-22-11-8-6-10(7-9-11)14-19-15(17)20-16-18-12-4-2-3-5-13(12)21(14)16/h2-9,14H,1H3,(H3,17,18,19,20)/p+1/t14-/m0/s1. The normalized spacial score (nSPS) is 16.8. The Labute approximate surface area is 127 Å². The molecule has 0 aliphatic carbocycles. The van der Waals surface area contributed by atoms with Crippen molar-refractivity contribution in [1.29, 1.82) is 0 Å². The highest BCUT2D eigenvalue weighted by Gasteiger charge is 2.30. The Hall–Kier alpha value is -3.02. The number of nitrogens with zero attached hydrogens (tertiary/aromatic N) is 2. The number of nitrogens with two attached hydrogens (primary N) is 1. The zero-order chi connectivity index (χ0) is 15.1. The van der Waals surface area contributed by atoms with Gasteiger partial charge < -0.3 is 10.5 Å². The lowest BCUT2D eigenvalue weighted by molar-refractivity contribution is -0.674. The number of imidazole rings is 1. The van der Waals surface area contributed by atoms with Crippen molar-refractivity contribution in [1.82, 2.24) is 4.98 Å². The number of guanidine groups is 1. The van der Waals surface area contributed by atoms with Gasteiger partial charge in [-0.2, -0.15) is 4.99 Å². The molecule has 0 fully saturated rings. The molecule has 1 aliphatic rings. The van der Waals surface area contributed by atoms with E-state index in [0.29, 0.717) is 5.96 Å². The quantitative estimate of drug-likeness (QED) is 0.630. The van der Waals surface area contributed by atoms with Crippen LogP contribution >= 0.6 is 0 Å². The Morgan fingerprint density at radius 2 is 1.91 bits per heavy atom. The molecule has 0 saturated carbocycles. The number of hydrogen-bond acceptors (Lipinski definition) is 4. The van der Waals surface area contributed by atoms with Crippen LogP contribution < -0.4 is 20.4 Å². The van der Waals surface area contributed by atoms with Crippen molar-refractivity contribution in [3.63, 3.8) is 0 Å². The van der Waals surface area contributed by atoms with Crippen LogP contribution in [0.25, 0.3) is 11.0 Å². The molecular formula is C16H16N5O+. The summed E-state index contributed by atoms with van der Waals surface area (Å²) in [6.45, 7) is 0. The van der Waals surface area contributed by atoms with Crippen LogP contribution in [0.1, 0.15) is 11.7 Å². The van der Waals surface area contributed by atoms with E-state index in [1.54, 1.807) is 7.11 Å². The third-order valence-corrected chi connectivity index (χ3v) is 3.82. The van der Waals surface area contributed by atoms with Crippen molar-refractivity contribution in [3.8, 4) is 5.75 Å². The molecule has 22 heavy (non-hydrogen) atoms. The average Bonchev–Trinajstić information content (AvgIpc) is 2.92. The summed E-state index contributed by atoms with van der Waals surface area (Å²) in [4.78, 5) is 7.89. The number of aliphatic imine (C=N–C) groups is 1. The number of methoxy groups -OCH3 is 1. The second-order valence-electron chi connectivity index (χ2n) is 5.15. The molecule has 2 aromatic carbocycles. The largest absolute Gasteiger partial charge is 0.497 e. The van der Waals surface area contributed by atoms with E-state index in [0.717, 1.165) is 28.3 Å². The molecule has 0 saturated heterocycles. The molecule has 3 aromatic rings. The lowest BCUT2D eigenvalue weighted by atomic mass is 10.1. The summed E-state index contributed by atoms with van der Waals surface area (Å²) in [5, 5.41) is 3.08. The fourth-order valence-electron chi connectivity index (χ4n) is 2.79. The molecule has 0 spiro atoms. The Morgan fingerprint density at radius 3 is 2.68 bits per heavy atom. The van der Waals surface area contributed by atoms with Crippen molar-refractivity contribution in [2.75, 3.05) is 12.4 Å². The molecule has 4 N–H and O–H groups in total. The van der Waals surface area contributed by atoms with Crippen LogP contribution in [0.3, 0.4) is 0 Å². The summed E-state index contributed by atoms with van der Waals surface area (Å²) in [6.07, 6.45) is -0.210. The molecule has 1 aromatic heterocycles. The number of nitrogens with one attached hydrogen (secondary N) is 2. The van der Waals surface area contributed by atoms with E-state index in [9.17, 15) is 0 Å². The SMILES string of the molecule is COc1ccc([C@H]2N=C(N)Nc3[nH]c4ccccc4[n+]32)cc1. The Bertz CT molecular complexity index is 866. The van der Waals surface area contributed by atoms with Crippen LogP contribution in [0, 0.1) is 0 Å². The van der Waals surface area contributed by atoms with Crippen LogP contribution in [0.4, 0.5) is 5.95 Å². The van der Waals surface area contributed by atoms with E-state index in [1.807, 2.05) is 42.5 Å². The minimum atomic E-state index is -0.210. The van der Waals surface area contributed by atoms with Gasteiger partial charge in [0.2, 0.25) is 6.17 Å². The number of para-hydroxylation sites is 2. The maximum Gasteiger partial charge on any atom is 0.365 e. The van der Waals surface area contributed by atoms with Gasteiger partial charge in [0.15, 0.2) is 0 Å². The van der Waals surface area contributed by atoms with Crippen LogP contribution in [0.5, 0.6) is 5.75 Å². The van der Waals surface area contributed by atoms with Gasteiger partial charge in [-0.3, -0.25) is 0 Å². The van der Waals surface area contributed by atoms with Crippen molar-refractivity contribution < 1.29 is 9.30 Å². The third kappa shape index (κ3) is 1.88. The first kappa shape index (κ1) is 12.7. The summed E-state index contributed by atoms with van der Waals surface area (Å²) < 4.78 is 7.32. The molecule has 0 radical (unpaired) electrons. The first-order valence-electron chi connectivity index (χ1n) is 7.03. The monoisotopic (exact) mass is 294 g/mol. The predicted octanol–water partition coefficient (Wildman–Crippen LogP) is 1.75. The fraction of sp³-hybridized carbons (Fsp3) is 0.125. The molecular weight excluding hydrogens is 278 g/mol. The van der Waals surface area contributed by atoms with Gasteiger partial charge in [-0.1, -0.05) is 12.1 Å². The molecule has 2 heterocycles. The second kappa shape index (κ2) is 4.77. The summed E-state index contributed by atoms with van der Waals surface area (Å²) in [5.74, 6) is 2.04. The lowest BCUT2D eigenvalue weighted by Crippen LogP contribution is -2.48. The topological polar surface area (TPSA) is 79.3 Å². The third-order valence-electron chi connectivity index (χ3n) is 3.82. The highest BCUT2D eigenvalue weighted by Crippen LogP contribution is 2.25. The highest BCUT2D eigenvalue weighted by molar-refractivity contribution is 5.92. The molecule has 1 atom stereocenters. The van der Waals surface area contributed by atoms with Crippen molar-refractivity contribution in [3.05, 3.63) is 54.1 Å². The van der Waals surface area contributed by atoms with Gasteiger partial charge in [-0.05, 0) is 36.4 Å². The first-order valence-corrected chi connectivity index (χ1v) is 7.03. The molecule has 1 aliphatic heterocycles. The maximum absolute atomic E-state index is 5.94. The van der Waals surface area contributed by atoms with E-state index in [4.69, 9.17) is 10.5 Å². The number of rotatable bonds is 2. The number of aromatic amines is 1. The summed E-state index contributed by atoms with van der Waals surface area (Å²) in [7, 11) is 1.65. The molecule has 110 valence electrons. The van der Waals surface area contributed by atoms with E-state index in [1.165, 1.54) is 0 Å². The van der Waals surface area contributed by atoms with Gasteiger partial charge >= 0.3 is 5.95 Å². The summed E-state index contributed by atoms with van der Waals surface area (Å²) >= 11 is 0. The Balaban J connectivity index is 1.89. The number of hydrogen-bond donors (Lipinski definition) is 3. The van der Waals surface area contributed by atoms with Crippen molar-refractivity contribution in [2.45, 2.75) is 6.17 Å². The van der Waals surface area contributed by atoms with E-state index >= 15 is 0 Å². The molecule has 0 bridgehead atoms. The molecule has 4 rings (SSSR count). The number of H-pyrrole nitrogens is 1. The highest BCUT2D eigenvalue weighted by atomic mass is 16.5. The van der Waals surface area contributed by atoms with Crippen LogP contribution in [0.15, 0.2) is 53.5 Å². The zero-order valence-electron chi connectivity index (χ0n) is 12.1. The van der Waals surface area contributed by atoms with Gasteiger partial charge in [0.1, 0.15) is 16.8 Å². The lowest BCUT2D eigenvalue weighted by Gasteiger charge is -2.18. The van der Waals surface area contributed by atoms with E-state index in [-0.39, 0.29) is 6.17 Å². The van der Waals surface area contributed by atoms with Crippen molar-refractivity contribution >= 4 is 22.9 Å². The average molecular weight is 294 g/mol. The summed E-state index contributed by atoms with van der Waals surface area (Å²) in [6, 6.07) is 16.0. The van der Waals surface area contributed by atoms with Crippen LogP contribution in [-0.4, -0.2) is 18.1 Å². The number of aromatic nitrogens is 2. The molecule has 6 nitrogen and oxygen atoms in total. The van der Waals surface area contributed by atoms with E-state index < -0.39 is 0 Å². The Kier molecular flexibility index (Phi) is 2.75. The van der Waals surface area contributed by atoms with Gasteiger partial charge in [0, 0.05) is 5.56 Å². The first-order chi connectivity index (χ1) is 10.8. The number of ether oxygens (including phenoxy) is 1. The minimum Gasteiger partial charge on any atom is -0.497 e. The van der Waals surface area contributed by atoms with Crippen LogP contribution in [0.2, 0.25) is 0 Å². The van der Waals surface area contributed by atoms with E-state index in [2.05, 4.69) is 25.9 Å². The molecule has 0 unspecified atom stereocenters. The van der Waals surface area contributed by atoms with Crippen LogP contribution in [-0.2, 0) is 0 Å². The fourth-order valence-corrected chi connectivity index (χ4v) is 2.79. The number of benzene rings is 2. The predicted molar refractivity (Wildman–Crippen MR) is 84.9 cm³/mol. The molecule has 6 heteroatoms. The second-order valence-corrected chi connectivity index (χ2v) is 5.15. The summed E-state index contributed by atoms with van der Waals surface area (Å²) in [5.41, 5.74) is 9.09. The number of anilines is 1. The van der Waals surface area contributed by atoms with Gasteiger partial charge in [0.05, 0.1) is 7.11 Å². The Morgan fingerprint density at radius 1 is 1.14 bits per heavy atom. The van der Waals surface area contributed by atoms with Gasteiger partial charge in [0.25, 0.3) is 5.96 Å². The van der Waals surface area contributed by atoms with Gasteiger partial charge in [-0.15, -0.1) is 0 Å². The maximum atomic E-state index is 5.94. The van der Waals surface area contributed by atoms with Crippen molar-refractivity contribution in [2.24, 2.45) is 10.7 Å². The molecule has 0 amide bonds. The number of fused-ring (bicyclic) bond motifs is 3. The zero-order valence-corrected chi connectivity index (χ0v) is 12.1. The smallest absolute Gasteiger partial charge is 0.365 e.